The first-order valence-corrected chi connectivity index (χ1v) is 16.4. The fourth-order valence-corrected chi connectivity index (χ4v) is 7.16. The Morgan fingerprint density at radius 1 is 1.04 bits per heavy atom. The lowest BCUT2D eigenvalue weighted by molar-refractivity contribution is -0.0808. The second kappa shape index (κ2) is 12.8. The summed E-state index contributed by atoms with van der Waals surface area (Å²) in [7, 11) is 0. The number of hydrogen-bond acceptors (Lipinski definition) is 8. The van der Waals surface area contributed by atoms with E-state index in [0.29, 0.717) is 24.6 Å². The topological polar surface area (TPSA) is 141 Å². The van der Waals surface area contributed by atoms with Crippen LogP contribution >= 0.6 is 0 Å². The van der Waals surface area contributed by atoms with E-state index in [1.54, 1.807) is 6.33 Å². The first kappa shape index (κ1) is 30.3. The van der Waals surface area contributed by atoms with E-state index in [9.17, 15) is 14.7 Å². The van der Waals surface area contributed by atoms with Crippen LogP contribution in [0.15, 0.2) is 69.0 Å². The zero-order valence-corrected chi connectivity index (χ0v) is 26.2. The predicted molar refractivity (Wildman–Crippen MR) is 173 cm³/mol. The Balaban J connectivity index is 1.15. The number of rotatable bonds is 11. The number of aliphatic hydroxyl groups excluding tert-OH is 1. The fraction of sp³-hybridized carbons (Fsp3) is 0.457. The van der Waals surface area contributed by atoms with Crippen molar-refractivity contribution in [3.63, 3.8) is 0 Å². The quantitative estimate of drug-likeness (QED) is 0.207. The number of benzene rings is 2. The lowest BCUT2D eigenvalue weighted by Gasteiger charge is -2.41. The van der Waals surface area contributed by atoms with Crippen LogP contribution in [0.25, 0.3) is 28.3 Å². The average molecular weight is 625 g/mol. The summed E-state index contributed by atoms with van der Waals surface area (Å²) >= 11 is 0. The maximum absolute atomic E-state index is 14.4. The Hall–Kier alpha value is -4.35. The molecular weight excluding hydrogens is 584 g/mol. The molecule has 0 unspecified atom stereocenters. The minimum atomic E-state index is -0.598. The summed E-state index contributed by atoms with van der Waals surface area (Å²) in [4.78, 5) is 33.2. The highest BCUT2D eigenvalue weighted by atomic mass is 16.5. The lowest BCUT2D eigenvalue weighted by atomic mass is 9.70. The SMILES string of the molecule is CCCc1c(Cc2ccc(-c3ccccc3-c3noc(=O)[nH]3)cc2)c(=O)n([C@H]2CC[C@H](OCC3(CO)CCC3)CC2)c2ncnn12. The molecule has 2 fully saturated rings. The van der Waals surface area contributed by atoms with Gasteiger partial charge in [0.25, 0.3) is 5.56 Å². The maximum atomic E-state index is 14.4. The molecule has 0 radical (unpaired) electrons. The molecule has 240 valence electrons. The smallest absolute Gasteiger partial charge is 0.396 e. The van der Waals surface area contributed by atoms with Crippen molar-refractivity contribution >= 4 is 5.78 Å². The second-order valence-corrected chi connectivity index (χ2v) is 12.9. The van der Waals surface area contributed by atoms with Gasteiger partial charge >= 0.3 is 5.76 Å². The Labute approximate surface area is 266 Å². The number of nitrogens with one attached hydrogen (secondary N) is 1. The minimum Gasteiger partial charge on any atom is -0.396 e. The summed E-state index contributed by atoms with van der Waals surface area (Å²) in [6, 6.07) is 15.9. The first-order valence-electron chi connectivity index (χ1n) is 16.4. The molecule has 0 atom stereocenters. The van der Waals surface area contributed by atoms with Crippen LogP contribution < -0.4 is 11.3 Å². The highest BCUT2D eigenvalue weighted by molar-refractivity contribution is 5.80. The van der Waals surface area contributed by atoms with Gasteiger partial charge in [-0.25, -0.2) is 9.31 Å². The summed E-state index contributed by atoms with van der Waals surface area (Å²) in [5.74, 6) is 0.385. The van der Waals surface area contributed by atoms with E-state index in [4.69, 9.17) is 9.26 Å². The molecule has 2 aromatic carbocycles. The number of aromatic amines is 1. The monoisotopic (exact) mass is 624 g/mol. The van der Waals surface area contributed by atoms with Crippen LogP contribution in [0.3, 0.4) is 0 Å². The molecule has 2 aliphatic carbocycles. The number of ether oxygens (including phenoxy) is 1. The number of aryl methyl sites for hydroxylation is 1. The molecular formula is C35H40N6O5. The minimum absolute atomic E-state index is 0.00595. The number of hydrogen-bond donors (Lipinski definition) is 2. The van der Waals surface area contributed by atoms with E-state index < -0.39 is 5.76 Å². The second-order valence-electron chi connectivity index (χ2n) is 12.9. The molecule has 11 heteroatoms. The summed E-state index contributed by atoms with van der Waals surface area (Å²) < 4.78 is 14.8. The molecule has 3 heterocycles. The van der Waals surface area contributed by atoms with Gasteiger partial charge in [-0.1, -0.05) is 73.5 Å². The van der Waals surface area contributed by atoms with E-state index in [-0.39, 0.29) is 29.7 Å². The van der Waals surface area contributed by atoms with Crippen molar-refractivity contribution in [1.29, 1.82) is 0 Å². The van der Waals surface area contributed by atoms with Gasteiger partial charge in [-0.3, -0.25) is 18.9 Å². The molecule has 3 aromatic heterocycles. The molecule has 0 saturated heterocycles. The standard InChI is InChI=1S/C35H40N6O5/c1-2-6-30-29(19-23-9-11-24(12-10-23)27-7-3-4-8-28(27)31-38-34(44)46-39-31)32(43)40(33-36-22-37-41(30)33)25-13-15-26(16-14-25)45-21-35(20-42)17-5-18-35/h3-4,7-12,22,25-26,42H,2,5-6,13-21H2,1H3,(H,38,39,44)/t25-,26-. The average Bonchev–Trinajstić information content (AvgIpc) is 3.73. The predicted octanol–water partition coefficient (Wildman–Crippen LogP) is 5.11. The van der Waals surface area contributed by atoms with E-state index in [0.717, 1.165) is 91.3 Å². The Morgan fingerprint density at radius 2 is 1.80 bits per heavy atom. The van der Waals surface area contributed by atoms with Crippen molar-refractivity contribution in [3.8, 4) is 22.5 Å². The normalized spacial score (nSPS) is 19.3. The van der Waals surface area contributed by atoms with Gasteiger partial charge in [-0.2, -0.15) is 10.1 Å². The number of nitrogens with zero attached hydrogens (tertiary/aromatic N) is 5. The summed E-state index contributed by atoms with van der Waals surface area (Å²) in [6.07, 6.45) is 10.4. The first-order chi connectivity index (χ1) is 22.5. The summed E-state index contributed by atoms with van der Waals surface area (Å²) in [5, 5.41) is 18.3. The van der Waals surface area contributed by atoms with Crippen molar-refractivity contribution in [2.75, 3.05) is 13.2 Å². The Morgan fingerprint density at radius 3 is 2.46 bits per heavy atom. The third-order valence-electron chi connectivity index (χ3n) is 9.97. The van der Waals surface area contributed by atoms with E-state index in [1.807, 2.05) is 57.6 Å². The van der Waals surface area contributed by atoms with Crippen LogP contribution in [0.1, 0.15) is 81.2 Å². The molecule has 2 N–H and O–H groups in total. The molecule has 0 bridgehead atoms. The van der Waals surface area contributed by atoms with Crippen LogP contribution in [0, 0.1) is 5.41 Å². The summed E-state index contributed by atoms with van der Waals surface area (Å²) in [6.45, 7) is 2.92. The highest BCUT2D eigenvalue weighted by Gasteiger charge is 2.38. The van der Waals surface area contributed by atoms with Crippen molar-refractivity contribution in [2.24, 2.45) is 5.41 Å². The van der Waals surface area contributed by atoms with E-state index >= 15 is 0 Å². The van der Waals surface area contributed by atoms with Gasteiger partial charge in [-0.05, 0) is 61.6 Å². The highest BCUT2D eigenvalue weighted by Crippen LogP contribution is 2.42. The molecule has 2 saturated carbocycles. The van der Waals surface area contributed by atoms with Crippen LogP contribution in [0.2, 0.25) is 0 Å². The van der Waals surface area contributed by atoms with Gasteiger partial charge in [0, 0.05) is 29.0 Å². The van der Waals surface area contributed by atoms with Crippen molar-refractivity contribution in [3.05, 3.63) is 92.6 Å². The van der Waals surface area contributed by atoms with Gasteiger partial charge < -0.3 is 9.84 Å². The molecule has 2 aliphatic rings. The maximum Gasteiger partial charge on any atom is 0.439 e. The van der Waals surface area contributed by atoms with Gasteiger partial charge in [0.15, 0.2) is 5.82 Å². The van der Waals surface area contributed by atoms with E-state index in [2.05, 4.69) is 27.1 Å². The van der Waals surface area contributed by atoms with Crippen molar-refractivity contribution in [1.82, 2.24) is 29.3 Å². The van der Waals surface area contributed by atoms with Crippen molar-refractivity contribution < 1.29 is 14.4 Å². The zero-order chi connectivity index (χ0) is 31.7. The van der Waals surface area contributed by atoms with Crippen molar-refractivity contribution in [2.45, 2.75) is 83.3 Å². The molecule has 0 spiro atoms. The van der Waals surface area contributed by atoms with Crippen LogP contribution in [0.5, 0.6) is 0 Å². The van der Waals surface area contributed by atoms with E-state index in [1.165, 1.54) is 0 Å². The molecule has 11 nitrogen and oxygen atoms in total. The third kappa shape index (κ3) is 5.73. The molecule has 46 heavy (non-hydrogen) atoms. The number of aliphatic hydroxyl groups is 1. The van der Waals surface area contributed by atoms with Gasteiger partial charge in [0.2, 0.25) is 5.78 Å². The molecule has 0 amide bonds. The molecule has 7 rings (SSSR count). The molecule has 5 aromatic rings. The van der Waals surface area contributed by atoms with Gasteiger partial charge in [0.1, 0.15) is 6.33 Å². The number of aromatic nitrogens is 6. The largest absolute Gasteiger partial charge is 0.439 e. The Kier molecular flexibility index (Phi) is 8.44. The zero-order valence-electron chi connectivity index (χ0n) is 26.2. The Bertz CT molecular complexity index is 1920. The summed E-state index contributed by atoms with van der Waals surface area (Å²) in [5.41, 5.74) is 5.27. The van der Waals surface area contributed by atoms with Crippen LogP contribution in [0.4, 0.5) is 0 Å². The van der Waals surface area contributed by atoms with Crippen LogP contribution in [-0.4, -0.2) is 53.7 Å². The lowest BCUT2D eigenvalue weighted by Crippen LogP contribution is -2.40. The van der Waals surface area contributed by atoms with Gasteiger partial charge in [0.05, 0.1) is 25.0 Å². The number of H-pyrrole nitrogens is 1. The third-order valence-corrected chi connectivity index (χ3v) is 9.97. The fourth-order valence-electron chi connectivity index (χ4n) is 7.16. The van der Waals surface area contributed by atoms with Crippen LogP contribution in [-0.2, 0) is 17.6 Å². The van der Waals surface area contributed by atoms with Gasteiger partial charge in [-0.15, -0.1) is 0 Å². The molecule has 0 aliphatic heterocycles. The number of fused-ring (bicyclic) bond motifs is 1.